The molecule has 0 atom stereocenters. The Balaban J connectivity index is 1.99. The van der Waals surface area contributed by atoms with E-state index in [0.717, 1.165) is 27.9 Å². The third kappa shape index (κ3) is 4.02. The molecule has 0 aliphatic heterocycles. The van der Waals surface area contributed by atoms with Gasteiger partial charge in [0.15, 0.2) is 0 Å². The van der Waals surface area contributed by atoms with Crippen LogP contribution in [-0.4, -0.2) is 20.7 Å². The summed E-state index contributed by atoms with van der Waals surface area (Å²) in [6.07, 6.45) is 2.68. The van der Waals surface area contributed by atoms with Crippen molar-refractivity contribution in [1.82, 2.24) is 14.8 Å². The van der Waals surface area contributed by atoms with Crippen molar-refractivity contribution in [3.05, 3.63) is 52.7 Å². The first-order chi connectivity index (χ1) is 13.3. The third-order valence-corrected chi connectivity index (χ3v) is 5.67. The first kappa shape index (κ1) is 20.3. The van der Waals surface area contributed by atoms with E-state index in [2.05, 4.69) is 68.0 Å². The normalized spacial score (nSPS) is 11.5. The summed E-state index contributed by atoms with van der Waals surface area (Å²) in [6, 6.07) is 6.43. The van der Waals surface area contributed by atoms with Crippen molar-refractivity contribution >= 4 is 33.3 Å². The van der Waals surface area contributed by atoms with Gasteiger partial charge in [0.2, 0.25) is 5.13 Å². The monoisotopic (exact) mass is 396 g/mol. The second kappa shape index (κ2) is 8.27. The Morgan fingerprint density at radius 2 is 2.04 bits per heavy atom. The molecule has 0 saturated heterocycles. The molecule has 3 aromatic rings. The number of aromatic nitrogens is 3. The van der Waals surface area contributed by atoms with Crippen molar-refractivity contribution < 1.29 is 4.79 Å². The fraction of sp³-hybridized carbons (Fsp3) is 0.409. The highest BCUT2D eigenvalue weighted by Gasteiger charge is 2.21. The molecule has 3 rings (SSSR count). The number of rotatable bonds is 7. The Morgan fingerprint density at radius 3 is 2.68 bits per heavy atom. The molecule has 1 N–H and O–H groups in total. The van der Waals surface area contributed by atoms with Gasteiger partial charge in [0.25, 0.3) is 5.91 Å². The minimum atomic E-state index is -0.158. The summed E-state index contributed by atoms with van der Waals surface area (Å²) in [6.45, 7) is 15.1. The Bertz CT molecular complexity index is 1010. The molecule has 28 heavy (non-hydrogen) atoms. The lowest BCUT2D eigenvalue weighted by atomic mass is 10.0. The van der Waals surface area contributed by atoms with Gasteiger partial charge in [-0.25, -0.2) is 0 Å². The second-order valence-electron chi connectivity index (χ2n) is 7.86. The average molecular weight is 397 g/mol. The quantitative estimate of drug-likeness (QED) is 0.532. The van der Waals surface area contributed by atoms with Crippen molar-refractivity contribution in [3.63, 3.8) is 0 Å². The Hall–Kier alpha value is -2.47. The number of nitrogens with zero attached hydrogens (tertiary/aromatic N) is 3. The Morgan fingerprint density at radius 1 is 1.29 bits per heavy atom. The maximum Gasteiger partial charge on any atom is 0.274 e. The molecular formula is C22H28N4OS. The maximum atomic E-state index is 13.1. The van der Waals surface area contributed by atoms with Crippen LogP contribution in [0.1, 0.15) is 60.2 Å². The van der Waals surface area contributed by atoms with E-state index in [1.54, 1.807) is 0 Å². The lowest BCUT2D eigenvalue weighted by Gasteiger charge is -2.09. The van der Waals surface area contributed by atoms with Crippen LogP contribution in [0.2, 0.25) is 0 Å². The van der Waals surface area contributed by atoms with Crippen molar-refractivity contribution in [3.8, 4) is 0 Å². The van der Waals surface area contributed by atoms with Gasteiger partial charge < -0.3 is 4.57 Å². The fourth-order valence-electron chi connectivity index (χ4n) is 3.40. The predicted octanol–water partition coefficient (Wildman–Crippen LogP) is 5.56. The number of hydrogen-bond acceptors (Lipinski definition) is 4. The van der Waals surface area contributed by atoms with Gasteiger partial charge >= 0.3 is 0 Å². The zero-order chi connectivity index (χ0) is 20.4. The van der Waals surface area contributed by atoms with E-state index in [1.807, 2.05) is 17.6 Å². The van der Waals surface area contributed by atoms with E-state index < -0.39 is 0 Å². The molecule has 2 heterocycles. The smallest absolute Gasteiger partial charge is 0.274 e. The topological polar surface area (TPSA) is 59.8 Å². The van der Waals surface area contributed by atoms with Crippen LogP contribution < -0.4 is 5.32 Å². The van der Waals surface area contributed by atoms with Gasteiger partial charge in [0.05, 0.1) is 0 Å². The van der Waals surface area contributed by atoms with Gasteiger partial charge in [-0.05, 0) is 42.0 Å². The molecule has 0 saturated carbocycles. The van der Waals surface area contributed by atoms with Crippen molar-refractivity contribution in [2.75, 3.05) is 5.32 Å². The lowest BCUT2D eigenvalue weighted by Crippen LogP contribution is -2.18. The highest BCUT2D eigenvalue weighted by atomic mass is 32.1. The molecule has 0 fully saturated rings. The van der Waals surface area contributed by atoms with Gasteiger partial charge in [0.1, 0.15) is 10.7 Å². The summed E-state index contributed by atoms with van der Waals surface area (Å²) in [5.41, 5.74) is 3.94. The summed E-state index contributed by atoms with van der Waals surface area (Å²) in [5, 5.41) is 13.9. The van der Waals surface area contributed by atoms with E-state index in [4.69, 9.17) is 0 Å². The standard InChI is InChI=1S/C22H28N4OS/c1-7-10-26-18-9-8-16(14(4)5)12-17(18)15(6)20(26)21(27)23-22-25-24-19(28-22)11-13(2)3/h7-9,12-14H,1,10-11H2,2-6H3,(H,23,25,27). The largest absolute Gasteiger partial charge is 0.332 e. The van der Waals surface area contributed by atoms with Crippen molar-refractivity contribution in [2.45, 2.75) is 53.5 Å². The zero-order valence-corrected chi connectivity index (χ0v) is 18.1. The number of amides is 1. The number of anilines is 1. The summed E-state index contributed by atoms with van der Waals surface area (Å²) < 4.78 is 2.02. The fourth-order valence-corrected chi connectivity index (χ4v) is 4.35. The van der Waals surface area contributed by atoms with Crippen molar-refractivity contribution in [1.29, 1.82) is 0 Å². The highest BCUT2D eigenvalue weighted by Crippen LogP contribution is 2.30. The molecule has 0 spiro atoms. The number of allylic oxidation sites excluding steroid dienone is 1. The van der Waals surface area contributed by atoms with Crippen LogP contribution in [0.4, 0.5) is 5.13 Å². The molecule has 2 aromatic heterocycles. The minimum absolute atomic E-state index is 0.158. The summed E-state index contributed by atoms with van der Waals surface area (Å²) in [4.78, 5) is 13.1. The highest BCUT2D eigenvalue weighted by molar-refractivity contribution is 7.15. The summed E-state index contributed by atoms with van der Waals surface area (Å²) in [7, 11) is 0. The molecule has 148 valence electrons. The van der Waals surface area contributed by atoms with Crippen LogP contribution in [-0.2, 0) is 13.0 Å². The molecule has 0 bridgehead atoms. The lowest BCUT2D eigenvalue weighted by molar-refractivity contribution is 0.101. The number of aryl methyl sites for hydroxylation is 1. The van der Waals surface area contributed by atoms with Gasteiger partial charge in [-0.15, -0.1) is 16.8 Å². The van der Waals surface area contributed by atoms with E-state index in [9.17, 15) is 4.79 Å². The molecule has 1 amide bonds. The van der Waals surface area contributed by atoms with Gasteiger partial charge in [0, 0.05) is 23.9 Å². The molecular weight excluding hydrogens is 368 g/mol. The second-order valence-corrected chi connectivity index (χ2v) is 8.92. The molecule has 0 unspecified atom stereocenters. The molecule has 0 radical (unpaired) electrons. The summed E-state index contributed by atoms with van der Waals surface area (Å²) in [5.74, 6) is 0.780. The third-order valence-electron chi connectivity index (χ3n) is 4.80. The Kier molecular flexibility index (Phi) is 5.98. The number of nitrogens with one attached hydrogen (secondary N) is 1. The maximum absolute atomic E-state index is 13.1. The SMILES string of the molecule is C=CCn1c(C(=O)Nc2nnc(CC(C)C)s2)c(C)c2cc(C(C)C)ccc21. The first-order valence-electron chi connectivity index (χ1n) is 9.69. The number of fused-ring (bicyclic) bond motifs is 1. The predicted molar refractivity (Wildman–Crippen MR) is 117 cm³/mol. The Labute approximate surface area is 170 Å². The van der Waals surface area contributed by atoms with Crippen LogP contribution in [0.5, 0.6) is 0 Å². The van der Waals surface area contributed by atoms with Crippen LogP contribution in [0, 0.1) is 12.8 Å². The van der Waals surface area contributed by atoms with Crippen LogP contribution in [0.25, 0.3) is 10.9 Å². The minimum Gasteiger partial charge on any atom is -0.332 e. The van der Waals surface area contributed by atoms with Crippen LogP contribution in [0.3, 0.4) is 0 Å². The van der Waals surface area contributed by atoms with Crippen LogP contribution in [0.15, 0.2) is 30.9 Å². The molecule has 5 nitrogen and oxygen atoms in total. The van der Waals surface area contributed by atoms with E-state index in [-0.39, 0.29) is 5.91 Å². The van der Waals surface area contributed by atoms with Crippen LogP contribution >= 0.6 is 11.3 Å². The number of hydrogen-bond donors (Lipinski definition) is 1. The van der Waals surface area contributed by atoms with Gasteiger partial charge in [-0.3, -0.25) is 10.1 Å². The van der Waals surface area contributed by atoms with E-state index >= 15 is 0 Å². The number of carbonyl (C=O) groups excluding carboxylic acids is 1. The van der Waals surface area contributed by atoms with E-state index in [0.29, 0.717) is 29.2 Å². The average Bonchev–Trinajstić information content (AvgIpc) is 3.17. The number of benzene rings is 1. The van der Waals surface area contributed by atoms with Gasteiger partial charge in [-0.2, -0.15) is 0 Å². The number of carbonyl (C=O) groups is 1. The first-order valence-corrected chi connectivity index (χ1v) is 10.5. The molecule has 0 aliphatic rings. The van der Waals surface area contributed by atoms with Crippen molar-refractivity contribution in [2.24, 2.45) is 5.92 Å². The molecule has 0 aliphatic carbocycles. The molecule has 1 aromatic carbocycles. The zero-order valence-electron chi connectivity index (χ0n) is 17.2. The molecule has 6 heteroatoms. The van der Waals surface area contributed by atoms with Gasteiger partial charge in [-0.1, -0.05) is 51.2 Å². The summed E-state index contributed by atoms with van der Waals surface area (Å²) >= 11 is 1.44. The van der Waals surface area contributed by atoms with E-state index in [1.165, 1.54) is 16.9 Å².